The Kier molecular flexibility index (Phi) is 53.2. The largest absolute Gasteiger partial charge is 0.462 e. The maximum absolute atomic E-state index is 12.8. The van der Waals surface area contributed by atoms with E-state index >= 15 is 0 Å². The summed E-state index contributed by atoms with van der Waals surface area (Å²) in [5, 5.41) is 0. The highest BCUT2D eigenvalue weighted by molar-refractivity contribution is 5.71. The highest BCUT2D eigenvalue weighted by atomic mass is 16.6. The predicted octanol–water partition coefficient (Wildman–Crippen LogP) is 19.3. The van der Waals surface area contributed by atoms with E-state index < -0.39 is 6.10 Å². The molecule has 0 N–H and O–H groups in total. The Morgan fingerprint density at radius 1 is 0.303 bits per heavy atom. The molecule has 0 rings (SSSR count). The average molecular weight is 928 g/mol. The number of esters is 3. The topological polar surface area (TPSA) is 78.9 Å². The van der Waals surface area contributed by atoms with Crippen LogP contribution in [0.5, 0.6) is 0 Å². The van der Waals surface area contributed by atoms with Gasteiger partial charge in [0.1, 0.15) is 13.2 Å². The van der Waals surface area contributed by atoms with E-state index in [2.05, 4.69) is 57.2 Å². The first-order chi connectivity index (χ1) is 32.5. The highest BCUT2D eigenvalue weighted by Gasteiger charge is 2.19. The molecule has 0 amide bonds. The lowest BCUT2D eigenvalue weighted by atomic mass is 10.0. The Labute approximate surface area is 410 Å². The van der Waals surface area contributed by atoms with Gasteiger partial charge in [-0.05, 0) is 57.8 Å². The standard InChI is InChI=1S/C60H110O6/c1-4-7-10-13-15-17-19-21-23-25-27-28-29-30-31-32-33-35-36-38-40-42-44-47-50-53-59(62)65-56-57(55-64-58(61)52-49-46-12-9-6-3)66-60(63)54-51-48-45-43-41-39-37-34-26-24-22-20-18-16-14-11-8-5-2/h19,21,25,27,29-30,57H,4-18,20,22-24,26,28,31-56H2,1-3H3/b21-19-,27-25-,30-29-. The molecular weight excluding hydrogens is 817 g/mol. The molecule has 1 unspecified atom stereocenters. The fraction of sp³-hybridized carbons (Fsp3) is 0.850. The molecule has 0 aliphatic heterocycles. The lowest BCUT2D eigenvalue weighted by molar-refractivity contribution is -0.167. The monoisotopic (exact) mass is 927 g/mol. The molecule has 0 bridgehead atoms. The third-order valence-corrected chi connectivity index (χ3v) is 12.9. The van der Waals surface area contributed by atoms with Crippen LogP contribution in [0.2, 0.25) is 0 Å². The molecule has 0 spiro atoms. The van der Waals surface area contributed by atoms with Gasteiger partial charge in [-0.2, -0.15) is 0 Å². The second-order valence-electron chi connectivity index (χ2n) is 19.6. The number of ether oxygens (including phenoxy) is 3. The molecule has 0 radical (unpaired) electrons. The fourth-order valence-electron chi connectivity index (χ4n) is 8.51. The van der Waals surface area contributed by atoms with Gasteiger partial charge in [-0.15, -0.1) is 0 Å². The summed E-state index contributed by atoms with van der Waals surface area (Å²) in [5.74, 6) is -0.872. The van der Waals surface area contributed by atoms with Crippen LogP contribution in [0.25, 0.3) is 0 Å². The summed E-state index contributed by atoms with van der Waals surface area (Å²) >= 11 is 0. The lowest BCUT2D eigenvalue weighted by Crippen LogP contribution is -2.30. The fourth-order valence-corrected chi connectivity index (χ4v) is 8.51. The van der Waals surface area contributed by atoms with Crippen LogP contribution in [0.15, 0.2) is 36.5 Å². The van der Waals surface area contributed by atoms with E-state index in [1.165, 1.54) is 193 Å². The molecule has 0 aliphatic carbocycles. The van der Waals surface area contributed by atoms with Gasteiger partial charge < -0.3 is 14.2 Å². The van der Waals surface area contributed by atoms with Crippen molar-refractivity contribution in [1.82, 2.24) is 0 Å². The Hall–Kier alpha value is -2.37. The molecule has 0 aromatic heterocycles. The third kappa shape index (κ3) is 52.6. The van der Waals surface area contributed by atoms with Gasteiger partial charge in [0, 0.05) is 19.3 Å². The molecule has 0 aromatic rings. The second-order valence-corrected chi connectivity index (χ2v) is 19.6. The summed E-state index contributed by atoms with van der Waals surface area (Å²) < 4.78 is 16.7. The lowest BCUT2D eigenvalue weighted by Gasteiger charge is -2.18. The summed E-state index contributed by atoms with van der Waals surface area (Å²) in [7, 11) is 0. The number of carbonyl (C=O) groups is 3. The minimum absolute atomic E-state index is 0.0708. The van der Waals surface area contributed by atoms with Crippen LogP contribution in [0.4, 0.5) is 0 Å². The quantitative estimate of drug-likeness (QED) is 0.0262. The molecule has 386 valence electrons. The van der Waals surface area contributed by atoms with Crippen LogP contribution < -0.4 is 0 Å². The minimum Gasteiger partial charge on any atom is -0.462 e. The van der Waals surface area contributed by atoms with Gasteiger partial charge in [-0.1, -0.05) is 269 Å². The number of hydrogen-bond donors (Lipinski definition) is 0. The van der Waals surface area contributed by atoms with Crippen molar-refractivity contribution in [3.05, 3.63) is 36.5 Å². The summed E-state index contributed by atoms with van der Waals surface area (Å²) in [4.78, 5) is 37.8. The molecule has 0 aliphatic rings. The third-order valence-electron chi connectivity index (χ3n) is 12.9. The molecule has 6 nitrogen and oxygen atoms in total. The Morgan fingerprint density at radius 3 is 0.848 bits per heavy atom. The average Bonchev–Trinajstić information content (AvgIpc) is 3.31. The smallest absolute Gasteiger partial charge is 0.306 e. The molecule has 0 fully saturated rings. The van der Waals surface area contributed by atoms with E-state index in [9.17, 15) is 14.4 Å². The van der Waals surface area contributed by atoms with Crippen LogP contribution in [0, 0.1) is 0 Å². The summed E-state index contributed by atoms with van der Waals surface area (Å²) in [5.41, 5.74) is 0. The number of allylic oxidation sites excluding steroid dienone is 6. The Morgan fingerprint density at radius 2 is 0.545 bits per heavy atom. The summed E-state index contributed by atoms with van der Waals surface area (Å²) in [6, 6.07) is 0. The Bertz CT molecular complexity index is 1110. The van der Waals surface area contributed by atoms with Gasteiger partial charge >= 0.3 is 17.9 Å². The number of hydrogen-bond acceptors (Lipinski definition) is 6. The van der Waals surface area contributed by atoms with Crippen molar-refractivity contribution in [2.75, 3.05) is 13.2 Å². The van der Waals surface area contributed by atoms with E-state index in [1.807, 2.05) is 0 Å². The normalized spacial score (nSPS) is 12.2. The molecule has 0 aromatic carbocycles. The van der Waals surface area contributed by atoms with E-state index in [1.54, 1.807) is 0 Å². The van der Waals surface area contributed by atoms with Crippen molar-refractivity contribution in [2.45, 2.75) is 316 Å². The zero-order valence-electron chi connectivity index (χ0n) is 44.2. The van der Waals surface area contributed by atoms with Gasteiger partial charge in [0.05, 0.1) is 0 Å². The zero-order chi connectivity index (χ0) is 47.9. The van der Waals surface area contributed by atoms with Crippen molar-refractivity contribution in [3.8, 4) is 0 Å². The molecule has 0 saturated carbocycles. The van der Waals surface area contributed by atoms with Crippen molar-refractivity contribution in [3.63, 3.8) is 0 Å². The van der Waals surface area contributed by atoms with Gasteiger partial charge in [0.15, 0.2) is 6.10 Å². The van der Waals surface area contributed by atoms with Gasteiger partial charge in [0.25, 0.3) is 0 Å². The summed E-state index contributed by atoms with van der Waals surface area (Å²) in [6.07, 6.45) is 66.1. The molecule has 66 heavy (non-hydrogen) atoms. The van der Waals surface area contributed by atoms with E-state index in [0.717, 1.165) is 77.0 Å². The SMILES string of the molecule is CCCCCCC/C=C\C/C=C\C/C=C\CCCCCCCCCCCCC(=O)OCC(COC(=O)CCCCCCC)OC(=O)CCCCCCCCCCCCCCCCCCCC. The molecule has 1 atom stereocenters. The van der Waals surface area contributed by atoms with Gasteiger partial charge in [-0.25, -0.2) is 0 Å². The van der Waals surface area contributed by atoms with E-state index in [0.29, 0.717) is 19.3 Å². The first-order valence-electron chi connectivity index (χ1n) is 29.0. The van der Waals surface area contributed by atoms with Crippen molar-refractivity contribution >= 4 is 17.9 Å². The van der Waals surface area contributed by atoms with E-state index in [-0.39, 0.29) is 31.1 Å². The number of rotatable bonds is 53. The van der Waals surface area contributed by atoms with Crippen molar-refractivity contribution in [1.29, 1.82) is 0 Å². The van der Waals surface area contributed by atoms with Crippen LogP contribution in [-0.2, 0) is 28.6 Å². The van der Waals surface area contributed by atoms with Crippen LogP contribution in [0.3, 0.4) is 0 Å². The molecule has 0 heterocycles. The van der Waals surface area contributed by atoms with E-state index in [4.69, 9.17) is 14.2 Å². The first-order valence-corrected chi connectivity index (χ1v) is 29.0. The summed E-state index contributed by atoms with van der Waals surface area (Å²) in [6.45, 7) is 6.58. The van der Waals surface area contributed by atoms with Gasteiger partial charge in [0.2, 0.25) is 0 Å². The van der Waals surface area contributed by atoms with Crippen molar-refractivity contribution < 1.29 is 28.6 Å². The predicted molar refractivity (Wildman–Crippen MR) is 284 cm³/mol. The van der Waals surface area contributed by atoms with Crippen LogP contribution in [0.1, 0.15) is 310 Å². The molecular formula is C60H110O6. The highest BCUT2D eigenvalue weighted by Crippen LogP contribution is 2.17. The van der Waals surface area contributed by atoms with Gasteiger partial charge in [-0.3, -0.25) is 14.4 Å². The molecule has 0 saturated heterocycles. The van der Waals surface area contributed by atoms with Crippen molar-refractivity contribution in [2.24, 2.45) is 0 Å². The second kappa shape index (κ2) is 55.2. The van der Waals surface area contributed by atoms with Crippen LogP contribution in [-0.4, -0.2) is 37.2 Å². The van der Waals surface area contributed by atoms with Crippen LogP contribution >= 0.6 is 0 Å². The Balaban J connectivity index is 4.06. The number of unbranched alkanes of at least 4 members (excludes halogenated alkanes) is 36. The minimum atomic E-state index is -0.767. The molecule has 6 heteroatoms. The maximum atomic E-state index is 12.8. The maximum Gasteiger partial charge on any atom is 0.306 e. The zero-order valence-corrected chi connectivity index (χ0v) is 44.2. The first kappa shape index (κ1) is 63.6. The number of carbonyl (C=O) groups excluding carboxylic acids is 3.